The number of rotatable bonds is 5. The molecule has 2 saturated heterocycles. The molecule has 0 aromatic heterocycles. The monoisotopic (exact) mass is 381 g/mol. The van der Waals surface area contributed by atoms with Crippen LogP contribution in [0, 0.1) is 0 Å². The first-order valence-corrected chi connectivity index (χ1v) is 8.38. The van der Waals surface area contributed by atoms with Crippen LogP contribution in [0.3, 0.4) is 0 Å². The Bertz CT molecular complexity index is 477. The molecule has 11 nitrogen and oxygen atoms in total. The van der Waals surface area contributed by atoms with Crippen LogP contribution in [0.5, 0.6) is 0 Å². The third-order valence-electron chi connectivity index (χ3n) is 4.66. The van der Waals surface area contributed by atoms with Gasteiger partial charge in [0.2, 0.25) is 5.91 Å². The highest BCUT2D eigenvalue weighted by atomic mass is 16.7. The Labute approximate surface area is 150 Å². The molecule has 1 amide bonds. The molecule has 0 aliphatic carbocycles. The van der Waals surface area contributed by atoms with Crippen LogP contribution in [-0.4, -0.2) is 111 Å². The summed E-state index contributed by atoms with van der Waals surface area (Å²) < 4.78 is 16.3. The number of hydrogen-bond acceptors (Lipinski definition) is 10. The van der Waals surface area contributed by atoms with Gasteiger partial charge in [-0.1, -0.05) is 0 Å². The van der Waals surface area contributed by atoms with E-state index in [1.54, 1.807) is 6.92 Å². The molecule has 2 heterocycles. The summed E-state index contributed by atoms with van der Waals surface area (Å²) in [5.41, 5.74) is 0. The number of hydrogen-bond donors (Lipinski definition) is 7. The third kappa shape index (κ3) is 4.32. The number of aliphatic hydroxyl groups excluding tert-OH is 6. The van der Waals surface area contributed by atoms with Crippen molar-refractivity contribution >= 4 is 5.91 Å². The van der Waals surface area contributed by atoms with E-state index in [2.05, 4.69) is 5.32 Å². The van der Waals surface area contributed by atoms with Crippen molar-refractivity contribution in [3.05, 3.63) is 0 Å². The lowest BCUT2D eigenvalue weighted by molar-refractivity contribution is -0.335. The van der Waals surface area contributed by atoms with Gasteiger partial charge in [-0.25, -0.2) is 0 Å². The van der Waals surface area contributed by atoms with E-state index in [9.17, 15) is 35.4 Å². The molecular weight excluding hydrogens is 354 g/mol. The summed E-state index contributed by atoms with van der Waals surface area (Å²) in [5, 5.41) is 61.5. The molecule has 10 atom stereocenters. The van der Waals surface area contributed by atoms with Crippen molar-refractivity contribution in [2.24, 2.45) is 0 Å². The minimum absolute atomic E-state index is 0.404. The van der Waals surface area contributed by atoms with Crippen LogP contribution in [0.2, 0.25) is 0 Å². The van der Waals surface area contributed by atoms with Gasteiger partial charge in [-0.3, -0.25) is 4.79 Å². The van der Waals surface area contributed by atoms with Crippen LogP contribution < -0.4 is 5.32 Å². The van der Waals surface area contributed by atoms with E-state index in [1.165, 1.54) is 6.92 Å². The number of aliphatic hydroxyl groups is 6. The summed E-state index contributed by atoms with van der Waals surface area (Å²) in [6.07, 6.45) is -11.7. The molecule has 2 rings (SSSR count). The van der Waals surface area contributed by atoms with Crippen molar-refractivity contribution in [1.29, 1.82) is 0 Å². The van der Waals surface area contributed by atoms with E-state index in [1.807, 2.05) is 0 Å². The van der Waals surface area contributed by atoms with Crippen molar-refractivity contribution in [3.8, 4) is 0 Å². The summed E-state index contributed by atoms with van der Waals surface area (Å²) in [4.78, 5) is 11.3. The molecule has 26 heavy (non-hydrogen) atoms. The molecule has 0 spiro atoms. The molecule has 2 aliphatic rings. The molecule has 2 aliphatic heterocycles. The summed E-state index contributed by atoms with van der Waals surface area (Å²) in [5.74, 6) is -0.404. The van der Waals surface area contributed by atoms with Gasteiger partial charge in [-0.05, 0) is 6.92 Å². The Kier molecular flexibility index (Phi) is 7.30. The summed E-state index contributed by atoms with van der Waals surface area (Å²) in [6, 6.07) is -0.842. The van der Waals surface area contributed by atoms with Gasteiger partial charge in [0, 0.05) is 6.92 Å². The maximum atomic E-state index is 11.3. The SMILES string of the molecule is CC(=O)NC1C(C)OC(CO)[C@@H](OC2OC(CO)[C@H](O)C(O)C2O)C1O. The van der Waals surface area contributed by atoms with E-state index in [0.29, 0.717) is 0 Å². The van der Waals surface area contributed by atoms with Gasteiger partial charge in [-0.2, -0.15) is 0 Å². The molecule has 0 aromatic rings. The number of amides is 1. The topological polar surface area (TPSA) is 178 Å². The van der Waals surface area contributed by atoms with Gasteiger partial charge in [-0.15, -0.1) is 0 Å². The van der Waals surface area contributed by atoms with Gasteiger partial charge in [0.05, 0.1) is 25.4 Å². The Morgan fingerprint density at radius 1 is 0.962 bits per heavy atom. The van der Waals surface area contributed by atoms with Crippen molar-refractivity contribution in [3.63, 3.8) is 0 Å². The van der Waals surface area contributed by atoms with Crippen molar-refractivity contribution in [2.45, 2.75) is 75.0 Å². The summed E-state index contributed by atoms with van der Waals surface area (Å²) in [6.45, 7) is 1.72. The lowest BCUT2D eigenvalue weighted by Gasteiger charge is -2.46. The summed E-state index contributed by atoms with van der Waals surface area (Å²) in [7, 11) is 0. The van der Waals surface area contributed by atoms with Gasteiger partial charge in [0.15, 0.2) is 6.29 Å². The van der Waals surface area contributed by atoms with Crippen LogP contribution in [0.4, 0.5) is 0 Å². The van der Waals surface area contributed by atoms with Crippen molar-refractivity contribution < 1.29 is 49.6 Å². The molecule has 0 bridgehead atoms. The second-order valence-electron chi connectivity index (χ2n) is 6.58. The zero-order valence-electron chi connectivity index (χ0n) is 14.5. The number of ether oxygens (including phenoxy) is 3. The fourth-order valence-electron chi connectivity index (χ4n) is 3.23. The Morgan fingerprint density at radius 3 is 2.12 bits per heavy atom. The first kappa shape index (κ1) is 21.4. The van der Waals surface area contributed by atoms with E-state index in [0.717, 1.165) is 0 Å². The largest absolute Gasteiger partial charge is 0.394 e. The molecule has 152 valence electrons. The summed E-state index contributed by atoms with van der Waals surface area (Å²) >= 11 is 0. The Morgan fingerprint density at radius 2 is 1.58 bits per heavy atom. The predicted octanol–water partition coefficient (Wildman–Crippen LogP) is -4.18. The minimum Gasteiger partial charge on any atom is -0.394 e. The van der Waals surface area contributed by atoms with Crippen LogP contribution in [0.15, 0.2) is 0 Å². The fraction of sp³-hybridized carbons (Fsp3) is 0.933. The van der Waals surface area contributed by atoms with Gasteiger partial charge >= 0.3 is 0 Å². The molecule has 0 radical (unpaired) electrons. The van der Waals surface area contributed by atoms with E-state index in [-0.39, 0.29) is 0 Å². The fourth-order valence-corrected chi connectivity index (χ4v) is 3.23. The average Bonchev–Trinajstić information content (AvgIpc) is 2.60. The van der Waals surface area contributed by atoms with Crippen LogP contribution >= 0.6 is 0 Å². The van der Waals surface area contributed by atoms with Gasteiger partial charge < -0.3 is 50.2 Å². The highest BCUT2D eigenvalue weighted by Crippen LogP contribution is 2.29. The average molecular weight is 381 g/mol. The first-order valence-electron chi connectivity index (χ1n) is 8.38. The lowest BCUT2D eigenvalue weighted by Crippen LogP contribution is -2.66. The second-order valence-corrected chi connectivity index (χ2v) is 6.58. The van der Waals surface area contributed by atoms with Crippen LogP contribution in [-0.2, 0) is 19.0 Å². The molecule has 2 fully saturated rings. The standard InChI is InChI=1S/C15H27NO10/c1-5-9(16-6(2)19)11(21)14(8(4-18)24-5)26-15-13(23)12(22)10(20)7(3-17)25-15/h5,7-15,17-18,20-23H,3-4H2,1-2H3,(H,16,19)/t5?,7?,8?,9?,10-,11?,12?,13?,14+,15?/m0/s1. The van der Waals surface area contributed by atoms with Crippen LogP contribution in [0.25, 0.3) is 0 Å². The zero-order valence-corrected chi connectivity index (χ0v) is 14.5. The van der Waals surface area contributed by atoms with Gasteiger partial charge in [0.1, 0.15) is 42.7 Å². The molecule has 0 aromatic carbocycles. The number of carbonyl (C=O) groups excluding carboxylic acids is 1. The van der Waals surface area contributed by atoms with Crippen LogP contribution in [0.1, 0.15) is 13.8 Å². The van der Waals surface area contributed by atoms with Gasteiger partial charge in [0.25, 0.3) is 0 Å². The normalized spacial score (nSPS) is 46.8. The molecule has 11 heteroatoms. The second kappa shape index (κ2) is 8.87. The Hall–Kier alpha value is -0.890. The van der Waals surface area contributed by atoms with E-state index >= 15 is 0 Å². The van der Waals surface area contributed by atoms with E-state index < -0.39 is 80.3 Å². The lowest BCUT2D eigenvalue weighted by atomic mass is 9.92. The first-order chi connectivity index (χ1) is 12.2. The predicted molar refractivity (Wildman–Crippen MR) is 83.7 cm³/mol. The quantitative estimate of drug-likeness (QED) is 0.247. The maximum Gasteiger partial charge on any atom is 0.217 e. The zero-order chi connectivity index (χ0) is 19.6. The highest BCUT2D eigenvalue weighted by molar-refractivity contribution is 5.73. The maximum absolute atomic E-state index is 11.3. The smallest absolute Gasteiger partial charge is 0.217 e. The number of carbonyl (C=O) groups is 1. The van der Waals surface area contributed by atoms with Crippen molar-refractivity contribution in [2.75, 3.05) is 13.2 Å². The molecule has 8 unspecified atom stereocenters. The van der Waals surface area contributed by atoms with Crippen molar-refractivity contribution in [1.82, 2.24) is 5.32 Å². The molecular formula is C15H27NO10. The highest BCUT2D eigenvalue weighted by Gasteiger charge is 2.50. The third-order valence-corrected chi connectivity index (χ3v) is 4.66. The Balaban J connectivity index is 2.16. The van der Waals surface area contributed by atoms with E-state index in [4.69, 9.17) is 14.2 Å². The molecule has 0 saturated carbocycles. The number of nitrogens with one attached hydrogen (secondary N) is 1. The molecule has 7 N–H and O–H groups in total. The minimum atomic E-state index is -1.67.